The highest BCUT2D eigenvalue weighted by molar-refractivity contribution is 5.47. The highest BCUT2D eigenvalue weighted by atomic mass is 19.1. The largest absolute Gasteiger partial charge is 0.392 e. The van der Waals surface area contributed by atoms with E-state index in [1.54, 1.807) is 0 Å². The molecular formula is C14H23FN2O. The molecule has 0 aliphatic carbocycles. The van der Waals surface area contributed by atoms with Crippen molar-refractivity contribution in [3.05, 3.63) is 23.6 Å². The maximum absolute atomic E-state index is 13.1. The molecule has 0 aromatic carbocycles. The molecule has 0 atom stereocenters. The molecule has 18 heavy (non-hydrogen) atoms. The molecule has 0 saturated heterocycles. The van der Waals surface area contributed by atoms with Gasteiger partial charge in [-0.3, -0.25) is 0 Å². The van der Waals surface area contributed by atoms with Crippen molar-refractivity contribution in [1.82, 2.24) is 4.98 Å². The predicted octanol–water partition coefficient (Wildman–Crippen LogP) is 3.12. The Balaban J connectivity index is 2.90. The quantitative estimate of drug-likeness (QED) is 0.759. The van der Waals surface area contributed by atoms with Gasteiger partial charge in [0.15, 0.2) is 0 Å². The number of aliphatic hydroxyl groups excluding tert-OH is 1. The van der Waals surface area contributed by atoms with E-state index in [-0.39, 0.29) is 12.6 Å². The van der Waals surface area contributed by atoms with Crippen LogP contribution in [0, 0.1) is 5.82 Å². The van der Waals surface area contributed by atoms with Gasteiger partial charge in [-0.05, 0) is 26.3 Å². The van der Waals surface area contributed by atoms with Gasteiger partial charge in [-0.1, -0.05) is 19.8 Å². The molecule has 0 saturated carbocycles. The van der Waals surface area contributed by atoms with Crippen LogP contribution in [-0.2, 0) is 6.61 Å². The number of aliphatic hydroxyl groups is 1. The van der Waals surface area contributed by atoms with Crippen LogP contribution in [0.1, 0.15) is 45.6 Å². The number of halogens is 1. The van der Waals surface area contributed by atoms with E-state index in [2.05, 4.69) is 30.7 Å². The van der Waals surface area contributed by atoms with E-state index in [4.69, 9.17) is 0 Å². The van der Waals surface area contributed by atoms with Crippen LogP contribution in [0.4, 0.5) is 10.2 Å². The van der Waals surface area contributed by atoms with E-state index in [1.165, 1.54) is 18.7 Å². The zero-order valence-corrected chi connectivity index (χ0v) is 11.5. The number of hydrogen-bond acceptors (Lipinski definition) is 3. The lowest BCUT2D eigenvalue weighted by molar-refractivity contribution is 0.280. The number of pyridine rings is 1. The summed E-state index contributed by atoms with van der Waals surface area (Å²) >= 11 is 0. The Labute approximate surface area is 109 Å². The second-order valence-electron chi connectivity index (χ2n) is 4.79. The summed E-state index contributed by atoms with van der Waals surface area (Å²) in [6.07, 6.45) is 4.62. The second kappa shape index (κ2) is 7.31. The van der Waals surface area contributed by atoms with Crippen molar-refractivity contribution in [2.75, 3.05) is 11.4 Å². The van der Waals surface area contributed by atoms with Gasteiger partial charge in [0.1, 0.15) is 11.6 Å². The van der Waals surface area contributed by atoms with Gasteiger partial charge < -0.3 is 10.0 Å². The molecule has 1 aromatic heterocycles. The number of rotatable bonds is 7. The smallest absolute Gasteiger partial charge is 0.142 e. The van der Waals surface area contributed by atoms with Crippen LogP contribution in [-0.4, -0.2) is 22.7 Å². The van der Waals surface area contributed by atoms with Gasteiger partial charge in [-0.15, -0.1) is 0 Å². The van der Waals surface area contributed by atoms with E-state index in [0.717, 1.165) is 19.4 Å². The van der Waals surface area contributed by atoms with Gasteiger partial charge in [-0.25, -0.2) is 9.37 Å². The first kappa shape index (κ1) is 14.9. The minimum atomic E-state index is -0.403. The Hall–Kier alpha value is -1.16. The van der Waals surface area contributed by atoms with Crippen molar-refractivity contribution in [3.8, 4) is 0 Å². The summed E-state index contributed by atoms with van der Waals surface area (Å²) < 4.78 is 13.1. The molecule has 1 N–H and O–H groups in total. The molecule has 0 aliphatic heterocycles. The zero-order chi connectivity index (χ0) is 13.5. The fraction of sp³-hybridized carbons (Fsp3) is 0.643. The third kappa shape index (κ3) is 3.95. The van der Waals surface area contributed by atoms with Crippen LogP contribution in [0.2, 0.25) is 0 Å². The zero-order valence-electron chi connectivity index (χ0n) is 11.5. The van der Waals surface area contributed by atoms with E-state index in [0.29, 0.717) is 11.4 Å². The van der Waals surface area contributed by atoms with Gasteiger partial charge in [0.2, 0.25) is 0 Å². The SMILES string of the molecule is CCCCCN(c1ncc(F)cc1CO)C(C)C. The maximum atomic E-state index is 13.1. The third-order valence-corrected chi connectivity index (χ3v) is 2.98. The monoisotopic (exact) mass is 254 g/mol. The van der Waals surface area contributed by atoms with Gasteiger partial charge in [0.05, 0.1) is 12.8 Å². The van der Waals surface area contributed by atoms with Crippen LogP contribution in [0.5, 0.6) is 0 Å². The van der Waals surface area contributed by atoms with E-state index >= 15 is 0 Å². The summed E-state index contributed by atoms with van der Waals surface area (Å²) in [5.74, 6) is 0.296. The highest BCUT2D eigenvalue weighted by Crippen LogP contribution is 2.21. The number of nitrogens with zero attached hydrogens (tertiary/aromatic N) is 2. The second-order valence-corrected chi connectivity index (χ2v) is 4.79. The molecule has 3 nitrogen and oxygen atoms in total. The van der Waals surface area contributed by atoms with Crippen molar-refractivity contribution < 1.29 is 9.50 Å². The highest BCUT2D eigenvalue weighted by Gasteiger charge is 2.15. The molecular weight excluding hydrogens is 231 g/mol. The maximum Gasteiger partial charge on any atom is 0.142 e. The van der Waals surface area contributed by atoms with Crippen LogP contribution < -0.4 is 4.90 Å². The summed E-state index contributed by atoms with van der Waals surface area (Å²) in [5, 5.41) is 9.31. The molecule has 0 spiro atoms. The minimum Gasteiger partial charge on any atom is -0.392 e. The number of aromatic nitrogens is 1. The molecule has 0 radical (unpaired) electrons. The van der Waals surface area contributed by atoms with E-state index in [9.17, 15) is 9.50 Å². The number of unbranched alkanes of at least 4 members (excludes halogenated alkanes) is 2. The molecule has 1 aromatic rings. The van der Waals surface area contributed by atoms with Crippen molar-refractivity contribution in [2.24, 2.45) is 0 Å². The van der Waals surface area contributed by atoms with Crippen LogP contribution in [0.15, 0.2) is 12.3 Å². The van der Waals surface area contributed by atoms with E-state index < -0.39 is 5.82 Å². The van der Waals surface area contributed by atoms with Gasteiger partial charge in [0.25, 0.3) is 0 Å². The van der Waals surface area contributed by atoms with Crippen LogP contribution in [0.25, 0.3) is 0 Å². The molecule has 0 aliphatic rings. The summed E-state index contributed by atoms with van der Waals surface area (Å²) in [6, 6.07) is 1.64. The lowest BCUT2D eigenvalue weighted by Gasteiger charge is -2.29. The molecule has 0 fully saturated rings. The third-order valence-electron chi connectivity index (χ3n) is 2.98. The lowest BCUT2D eigenvalue weighted by atomic mass is 10.2. The molecule has 0 amide bonds. The Kier molecular flexibility index (Phi) is 6.05. The Morgan fingerprint density at radius 3 is 2.67 bits per heavy atom. The van der Waals surface area contributed by atoms with E-state index in [1.807, 2.05) is 0 Å². The normalized spacial score (nSPS) is 11.0. The molecule has 0 bridgehead atoms. The Bertz CT molecular complexity index is 369. The average molecular weight is 254 g/mol. The molecule has 1 heterocycles. The molecule has 1 rings (SSSR count). The first-order valence-corrected chi connectivity index (χ1v) is 6.62. The van der Waals surface area contributed by atoms with Crippen molar-refractivity contribution >= 4 is 5.82 Å². The van der Waals surface area contributed by atoms with Crippen molar-refractivity contribution in [3.63, 3.8) is 0 Å². The van der Waals surface area contributed by atoms with Gasteiger partial charge in [0, 0.05) is 18.2 Å². The van der Waals surface area contributed by atoms with Gasteiger partial charge in [-0.2, -0.15) is 0 Å². The van der Waals surface area contributed by atoms with Gasteiger partial charge >= 0.3 is 0 Å². The van der Waals surface area contributed by atoms with Crippen LogP contribution in [0.3, 0.4) is 0 Å². The lowest BCUT2D eigenvalue weighted by Crippen LogP contribution is -2.33. The predicted molar refractivity (Wildman–Crippen MR) is 72.1 cm³/mol. The average Bonchev–Trinajstić information content (AvgIpc) is 2.35. The summed E-state index contributed by atoms with van der Waals surface area (Å²) in [5.41, 5.74) is 0.556. The summed E-state index contributed by atoms with van der Waals surface area (Å²) in [7, 11) is 0. The summed E-state index contributed by atoms with van der Waals surface area (Å²) in [4.78, 5) is 6.27. The van der Waals surface area contributed by atoms with Crippen LogP contribution >= 0.6 is 0 Å². The topological polar surface area (TPSA) is 36.4 Å². The fourth-order valence-electron chi connectivity index (χ4n) is 1.99. The Morgan fingerprint density at radius 1 is 1.39 bits per heavy atom. The fourth-order valence-corrected chi connectivity index (χ4v) is 1.99. The first-order chi connectivity index (χ1) is 8.60. The molecule has 102 valence electrons. The standard InChI is InChI=1S/C14H23FN2O/c1-4-5-6-7-17(11(2)3)14-12(10-18)8-13(15)9-16-14/h8-9,11,18H,4-7,10H2,1-3H3. The number of hydrogen-bond donors (Lipinski definition) is 1. The minimum absolute atomic E-state index is 0.183. The first-order valence-electron chi connectivity index (χ1n) is 6.62. The molecule has 0 unspecified atom stereocenters. The molecule has 4 heteroatoms. The number of anilines is 1. The Morgan fingerprint density at radius 2 is 2.11 bits per heavy atom. The van der Waals surface area contributed by atoms with Crippen molar-refractivity contribution in [1.29, 1.82) is 0 Å². The summed E-state index contributed by atoms with van der Waals surface area (Å²) in [6.45, 7) is 7.03. The van der Waals surface area contributed by atoms with Crippen molar-refractivity contribution in [2.45, 2.75) is 52.7 Å².